The van der Waals surface area contributed by atoms with E-state index in [2.05, 4.69) is 10.5 Å². The number of aryl methyl sites for hydroxylation is 1. The van der Waals surface area contributed by atoms with Crippen LogP contribution in [0.5, 0.6) is 0 Å². The molecule has 2 amide bonds. The molecule has 1 aliphatic heterocycles. The molecule has 4 bridgehead atoms. The molecule has 6 rings (SSSR count). The van der Waals surface area contributed by atoms with E-state index in [1.807, 2.05) is 4.90 Å². The summed E-state index contributed by atoms with van der Waals surface area (Å²) < 4.78 is 5.02. The molecule has 1 saturated heterocycles. The van der Waals surface area contributed by atoms with E-state index in [0.717, 1.165) is 49.9 Å². The molecule has 1 aromatic heterocycles. The normalized spacial score (nSPS) is 38.0. The highest BCUT2D eigenvalue weighted by Gasteiger charge is 2.56. The first-order valence-corrected chi connectivity index (χ1v) is 10.1. The van der Waals surface area contributed by atoms with E-state index in [1.165, 1.54) is 19.3 Å². The summed E-state index contributed by atoms with van der Waals surface area (Å²) in [5.74, 6) is 3.42. The summed E-state index contributed by atoms with van der Waals surface area (Å²) >= 11 is 0. The quantitative estimate of drug-likeness (QED) is 0.902. The molecule has 140 valence electrons. The third-order valence-corrected chi connectivity index (χ3v) is 7.19. The van der Waals surface area contributed by atoms with Crippen LogP contribution in [0.1, 0.15) is 57.1 Å². The van der Waals surface area contributed by atoms with E-state index in [-0.39, 0.29) is 23.3 Å². The Kier molecular flexibility index (Phi) is 3.66. The third-order valence-electron chi connectivity index (χ3n) is 7.19. The van der Waals surface area contributed by atoms with Crippen molar-refractivity contribution in [3.8, 4) is 0 Å². The Morgan fingerprint density at radius 1 is 1.19 bits per heavy atom. The van der Waals surface area contributed by atoms with E-state index >= 15 is 0 Å². The van der Waals surface area contributed by atoms with Gasteiger partial charge in [0, 0.05) is 12.6 Å². The number of nitrogens with zero attached hydrogens (tertiary/aromatic N) is 2. The third kappa shape index (κ3) is 2.57. The van der Waals surface area contributed by atoms with Crippen molar-refractivity contribution in [1.82, 2.24) is 10.1 Å². The average Bonchev–Trinajstić information content (AvgIpc) is 3.22. The Hall–Kier alpha value is -1.85. The van der Waals surface area contributed by atoms with Crippen molar-refractivity contribution in [1.29, 1.82) is 0 Å². The zero-order valence-corrected chi connectivity index (χ0v) is 15.4. The van der Waals surface area contributed by atoms with Crippen molar-refractivity contribution in [2.24, 2.45) is 23.2 Å². The lowest BCUT2D eigenvalue weighted by Gasteiger charge is -2.56. The number of aromatic nitrogens is 1. The maximum absolute atomic E-state index is 13.6. The molecule has 4 saturated carbocycles. The summed E-state index contributed by atoms with van der Waals surface area (Å²) in [7, 11) is 0. The van der Waals surface area contributed by atoms with Gasteiger partial charge in [-0.1, -0.05) is 5.16 Å². The molecule has 26 heavy (non-hydrogen) atoms. The molecule has 1 N–H and O–H groups in total. The molecule has 0 spiro atoms. The maximum Gasteiger partial charge on any atom is 0.248 e. The van der Waals surface area contributed by atoms with E-state index in [9.17, 15) is 9.59 Å². The number of hydrogen-bond donors (Lipinski definition) is 1. The van der Waals surface area contributed by atoms with Crippen molar-refractivity contribution in [3.63, 3.8) is 0 Å². The summed E-state index contributed by atoms with van der Waals surface area (Å²) in [6.07, 6.45) is 8.74. The molecule has 0 radical (unpaired) electrons. The minimum Gasteiger partial charge on any atom is -0.360 e. The molecule has 1 aromatic rings. The van der Waals surface area contributed by atoms with Crippen LogP contribution in [0.4, 0.5) is 5.82 Å². The smallest absolute Gasteiger partial charge is 0.248 e. The van der Waals surface area contributed by atoms with Crippen LogP contribution < -0.4 is 5.32 Å². The lowest BCUT2D eigenvalue weighted by Crippen LogP contribution is -2.56. The molecular formula is C20H27N3O3. The maximum atomic E-state index is 13.6. The zero-order chi connectivity index (χ0) is 17.9. The topological polar surface area (TPSA) is 75.4 Å². The molecule has 1 atom stereocenters. The predicted octanol–water partition coefficient (Wildman–Crippen LogP) is 3.13. The molecule has 2 heterocycles. The largest absolute Gasteiger partial charge is 0.360 e. The van der Waals surface area contributed by atoms with Gasteiger partial charge in [-0.3, -0.25) is 9.59 Å². The fourth-order valence-electron chi connectivity index (χ4n) is 6.59. The van der Waals surface area contributed by atoms with Crippen molar-refractivity contribution in [2.45, 2.75) is 64.3 Å². The summed E-state index contributed by atoms with van der Waals surface area (Å²) in [6.45, 7) is 2.50. The minimum atomic E-state index is -0.368. The van der Waals surface area contributed by atoms with Crippen molar-refractivity contribution < 1.29 is 14.1 Å². The second-order valence-corrected chi connectivity index (χ2v) is 9.17. The monoisotopic (exact) mass is 357 g/mol. The Morgan fingerprint density at radius 3 is 2.42 bits per heavy atom. The van der Waals surface area contributed by atoms with E-state index < -0.39 is 0 Å². The number of rotatable bonds is 3. The molecule has 4 aliphatic carbocycles. The van der Waals surface area contributed by atoms with Gasteiger partial charge in [0.15, 0.2) is 5.82 Å². The lowest BCUT2D eigenvalue weighted by atomic mass is 9.49. The number of anilines is 1. The highest BCUT2D eigenvalue weighted by atomic mass is 16.5. The Bertz CT molecular complexity index is 705. The number of carbonyl (C=O) groups excluding carboxylic acids is 2. The molecule has 0 aromatic carbocycles. The van der Waals surface area contributed by atoms with Crippen LogP contribution in [0.2, 0.25) is 0 Å². The first kappa shape index (κ1) is 16.3. The predicted molar refractivity (Wildman–Crippen MR) is 95.2 cm³/mol. The average molecular weight is 357 g/mol. The van der Waals surface area contributed by atoms with Crippen LogP contribution in [0, 0.1) is 30.1 Å². The van der Waals surface area contributed by atoms with E-state index in [0.29, 0.717) is 18.1 Å². The van der Waals surface area contributed by atoms with Crippen molar-refractivity contribution in [2.75, 3.05) is 11.9 Å². The Labute approximate surface area is 153 Å². The summed E-state index contributed by atoms with van der Waals surface area (Å²) in [5, 5.41) is 6.67. The molecule has 5 fully saturated rings. The first-order valence-electron chi connectivity index (χ1n) is 10.1. The van der Waals surface area contributed by atoms with Gasteiger partial charge in [0.1, 0.15) is 11.8 Å². The van der Waals surface area contributed by atoms with Crippen molar-refractivity contribution >= 4 is 17.6 Å². The van der Waals surface area contributed by atoms with Gasteiger partial charge in [-0.2, -0.15) is 0 Å². The van der Waals surface area contributed by atoms with Gasteiger partial charge in [-0.15, -0.1) is 0 Å². The molecule has 6 nitrogen and oxygen atoms in total. The SMILES string of the molecule is Cc1cc(NC(=O)[C@@H]2CCCN2C(=O)C23CC4CC(CC(C4)C2)C3)no1. The summed E-state index contributed by atoms with van der Waals surface area (Å²) in [5.41, 5.74) is -0.178. The van der Waals surface area contributed by atoms with Gasteiger partial charge in [0.2, 0.25) is 11.8 Å². The highest BCUT2D eigenvalue weighted by molar-refractivity contribution is 5.97. The molecular weight excluding hydrogens is 330 g/mol. The van der Waals surface area contributed by atoms with Gasteiger partial charge in [0.25, 0.3) is 0 Å². The van der Waals surface area contributed by atoms with Crippen LogP contribution in [0.25, 0.3) is 0 Å². The van der Waals surface area contributed by atoms with E-state index in [4.69, 9.17) is 4.52 Å². The Morgan fingerprint density at radius 2 is 1.85 bits per heavy atom. The summed E-state index contributed by atoms with van der Waals surface area (Å²) in [4.78, 5) is 28.2. The second-order valence-electron chi connectivity index (χ2n) is 9.17. The van der Waals surface area contributed by atoms with Crippen LogP contribution in [0.3, 0.4) is 0 Å². The van der Waals surface area contributed by atoms with E-state index in [1.54, 1.807) is 13.0 Å². The molecule has 6 heteroatoms. The molecule has 0 unspecified atom stereocenters. The standard InChI is InChI=1S/C20H27N3O3/c1-12-5-17(22-26-12)21-18(24)16-3-2-4-23(16)19(25)20-9-13-6-14(10-20)8-15(7-13)11-20/h5,13-16H,2-4,6-11H2,1H3,(H,21,22,24)/t13?,14?,15?,16-,20?/m0/s1. The second kappa shape index (κ2) is 5.83. The van der Waals surface area contributed by atoms with Gasteiger partial charge in [-0.05, 0) is 76.0 Å². The fourth-order valence-corrected chi connectivity index (χ4v) is 6.59. The highest BCUT2D eigenvalue weighted by Crippen LogP contribution is 2.60. The lowest BCUT2D eigenvalue weighted by molar-refractivity contribution is -0.160. The van der Waals surface area contributed by atoms with Crippen molar-refractivity contribution in [3.05, 3.63) is 11.8 Å². The van der Waals surface area contributed by atoms with Crippen LogP contribution in [-0.4, -0.2) is 34.5 Å². The number of carbonyl (C=O) groups is 2. The van der Waals surface area contributed by atoms with Gasteiger partial charge >= 0.3 is 0 Å². The van der Waals surface area contributed by atoms with Gasteiger partial charge in [-0.25, -0.2) is 0 Å². The number of likely N-dealkylation sites (tertiary alicyclic amines) is 1. The summed E-state index contributed by atoms with van der Waals surface area (Å²) in [6, 6.07) is 1.34. The van der Waals surface area contributed by atoms with Crippen LogP contribution >= 0.6 is 0 Å². The Balaban J connectivity index is 1.34. The molecule has 5 aliphatic rings. The minimum absolute atomic E-state index is 0.131. The van der Waals surface area contributed by atoms with Gasteiger partial charge in [0.05, 0.1) is 5.41 Å². The number of nitrogens with one attached hydrogen (secondary N) is 1. The van der Waals surface area contributed by atoms with Crippen LogP contribution in [-0.2, 0) is 9.59 Å². The van der Waals surface area contributed by atoms with Crippen LogP contribution in [0.15, 0.2) is 10.6 Å². The first-order chi connectivity index (χ1) is 12.5. The fraction of sp³-hybridized carbons (Fsp3) is 0.750. The zero-order valence-electron chi connectivity index (χ0n) is 15.4. The number of amides is 2. The van der Waals surface area contributed by atoms with Gasteiger partial charge < -0.3 is 14.7 Å². The number of hydrogen-bond acceptors (Lipinski definition) is 4.